The van der Waals surface area contributed by atoms with Gasteiger partial charge in [-0.05, 0) is 53.8 Å². The van der Waals surface area contributed by atoms with Crippen LogP contribution in [-0.2, 0) is 14.3 Å². The maximum absolute atomic E-state index is 13.6. The molecule has 3 fully saturated rings. The van der Waals surface area contributed by atoms with Crippen LogP contribution in [0.1, 0.15) is 37.2 Å². The summed E-state index contributed by atoms with van der Waals surface area (Å²) < 4.78 is 11.6. The molecule has 2 atom stereocenters. The lowest BCUT2D eigenvalue weighted by atomic mass is 9.74. The van der Waals surface area contributed by atoms with E-state index in [4.69, 9.17) is 32.7 Å². The zero-order valence-corrected chi connectivity index (χ0v) is 17.9. The van der Waals surface area contributed by atoms with Crippen molar-refractivity contribution >= 4 is 29.0 Å². The number of rotatable bonds is 2. The lowest BCUT2D eigenvalue weighted by molar-refractivity contribution is -0.186. The first-order chi connectivity index (χ1) is 14.4. The van der Waals surface area contributed by atoms with Gasteiger partial charge in [-0.15, -0.1) is 0 Å². The highest BCUT2D eigenvalue weighted by Gasteiger charge is 2.57. The molecule has 0 bridgehead atoms. The maximum Gasteiger partial charge on any atom is 0.168 e. The summed E-state index contributed by atoms with van der Waals surface area (Å²) in [6, 6.07) is 13.1. The Balaban J connectivity index is 1.44. The molecular formula is C23H23Cl2NO4. The van der Waals surface area contributed by atoms with E-state index in [1.165, 1.54) is 0 Å². The van der Waals surface area contributed by atoms with Crippen LogP contribution in [0.2, 0.25) is 10.0 Å². The molecular weight excluding hydrogens is 425 g/mol. The lowest BCUT2D eigenvalue weighted by Gasteiger charge is -2.40. The van der Waals surface area contributed by atoms with Crippen molar-refractivity contribution in [2.75, 3.05) is 13.2 Å². The Hall–Kier alpha value is -1.47. The minimum atomic E-state index is -0.991. The summed E-state index contributed by atoms with van der Waals surface area (Å²) in [7, 11) is 0. The van der Waals surface area contributed by atoms with E-state index in [2.05, 4.69) is 5.32 Å². The highest BCUT2D eigenvalue weighted by atomic mass is 35.5. The predicted octanol–water partition coefficient (Wildman–Crippen LogP) is 4.29. The van der Waals surface area contributed by atoms with Crippen LogP contribution in [0.5, 0.6) is 0 Å². The molecule has 2 aromatic rings. The van der Waals surface area contributed by atoms with Gasteiger partial charge in [0.2, 0.25) is 0 Å². The summed E-state index contributed by atoms with van der Waals surface area (Å²) in [5.74, 6) is -1.30. The van der Waals surface area contributed by atoms with Crippen molar-refractivity contribution in [3.8, 4) is 11.1 Å². The van der Waals surface area contributed by atoms with Gasteiger partial charge in [0.1, 0.15) is 6.23 Å². The van der Waals surface area contributed by atoms with Gasteiger partial charge in [0.15, 0.2) is 11.6 Å². The molecule has 2 saturated heterocycles. The van der Waals surface area contributed by atoms with E-state index in [0.717, 1.165) is 11.1 Å². The van der Waals surface area contributed by atoms with Crippen LogP contribution in [0.25, 0.3) is 11.1 Å². The molecule has 1 aliphatic carbocycles. The standard InChI is InChI=1S/C23H23Cl2NO4/c24-16-4-1-14(2-5-16)15-3-6-18(25)17(13-15)19-20(27)22(26-21(19)28)7-9-23(10-8-22)29-11-12-30-23/h1-6,13,19,21,26,28H,7-12H2. The molecule has 7 heteroatoms. The van der Waals surface area contributed by atoms with Crippen LogP contribution in [0.3, 0.4) is 0 Å². The zero-order valence-electron chi connectivity index (χ0n) is 16.4. The summed E-state index contributed by atoms with van der Waals surface area (Å²) >= 11 is 12.5. The quantitative estimate of drug-likeness (QED) is 0.718. The smallest absolute Gasteiger partial charge is 0.168 e. The summed E-state index contributed by atoms with van der Waals surface area (Å²) in [6.45, 7) is 1.18. The Kier molecular flexibility index (Phi) is 5.17. The van der Waals surface area contributed by atoms with Crippen molar-refractivity contribution in [1.82, 2.24) is 5.32 Å². The van der Waals surface area contributed by atoms with Crippen molar-refractivity contribution in [3.05, 3.63) is 58.1 Å². The third-order valence-corrected chi connectivity index (χ3v) is 7.28. The highest BCUT2D eigenvalue weighted by molar-refractivity contribution is 6.32. The number of benzene rings is 2. The second kappa shape index (κ2) is 7.59. The van der Waals surface area contributed by atoms with Gasteiger partial charge < -0.3 is 14.6 Å². The fourth-order valence-electron chi connectivity index (χ4n) is 5.03. The van der Waals surface area contributed by atoms with E-state index in [0.29, 0.717) is 54.5 Å². The summed E-state index contributed by atoms with van der Waals surface area (Å²) in [6.07, 6.45) is 1.39. The largest absolute Gasteiger partial charge is 0.377 e. The molecule has 1 saturated carbocycles. The Morgan fingerprint density at radius 2 is 1.57 bits per heavy atom. The lowest BCUT2D eigenvalue weighted by Crippen LogP contribution is -2.53. The van der Waals surface area contributed by atoms with Gasteiger partial charge in [0.05, 0.1) is 24.7 Å². The number of nitrogens with one attached hydrogen (secondary N) is 1. The fraction of sp³-hybridized carbons (Fsp3) is 0.435. The first kappa shape index (κ1) is 20.4. The maximum atomic E-state index is 13.6. The number of Topliss-reactive ketones (excluding diaryl/α,β-unsaturated/α-hetero) is 1. The van der Waals surface area contributed by atoms with Crippen LogP contribution in [0, 0.1) is 0 Å². The van der Waals surface area contributed by atoms with Crippen molar-refractivity contribution in [2.45, 2.75) is 49.2 Å². The number of aliphatic hydroxyl groups is 1. The van der Waals surface area contributed by atoms with Crippen LogP contribution >= 0.6 is 23.2 Å². The molecule has 2 aromatic carbocycles. The second-order valence-electron chi connectivity index (χ2n) is 8.36. The third kappa shape index (κ3) is 3.38. The van der Waals surface area contributed by atoms with E-state index in [9.17, 15) is 9.90 Å². The number of ketones is 1. The Morgan fingerprint density at radius 1 is 0.933 bits per heavy atom. The van der Waals surface area contributed by atoms with Crippen LogP contribution in [0.4, 0.5) is 0 Å². The van der Waals surface area contributed by atoms with Gasteiger partial charge in [-0.2, -0.15) is 0 Å². The molecule has 158 valence electrons. The van der Waals surface area contributed by atoms with Gasteiger partial charge in [-0.25, -0.2) is 0 Å². The van der Waals surface area contributed by atoms with Crippen molar-refractivity contribution in [1.29, 1.82) is 0 Å². The van der Waals surface area contributed by atoms with Crippen LogP contribution in [0.15, 0.2) is 42.5 Å². The van der Waals surface area contributed by atoms with Gasteiger partial charge in [0, 0.05) is 22.9 Å². The summed E-state index contributed by atoms with van der Waals surface area (Å²) in [4.78, 5) is 13.6. The zero-order chi connectivity index (χ0) is 20.9. The predicted molar refractivity (Wildman–Crippen MR) is 115 cm³/mol. The van der Waals surface area contributed by atoms with Crippen molar-refractivity contribution in [2.24, 2.45) is 0 Å². The number of halogens is 2. The molecule has 2 N–H and O–H groups in total. The van der Waals surface area contributed by atoms with Crippen LogP contribution in [-0.4, -0.2) is 41.7 Å². The molecule has 2 spiro atoms. The highest BCUT2D eigenvalue weighted by Crippen LogP contribution is 2.47. The number of carbonyl (C=O) groups is 1. The Morgan fingerprint density at radius 3 is 2.23 bits per heavy atom. The minimum Gasteiger partial charge on any atom is -0.377 e. The first-order valence-corrected chi connectivity index (χ1v) is 11.0. The molecule has 2 unspecified atom stereocenters. The molecule has 30 heavy (non-hydrogen) atoms. The van der Waals surface area contributed by atoms with E-state index >= 15 is 0 Å². The topological polar surface area (TPSA) is 67.8 Å². The van der Waals surface area contributed by atoms with Gasteiger partial charge in [-0.1, -0.05) is 41.4 Å². The second-order valence-corrected chi connectivity index (χ2v) is 9.21. The molecule has 3 aliphatic rings. The van der Waals surface area contributed by atoms with Gasteiger partial charge in [-0.3, -0.25) is 10.1 Å². The van der Waals surface area contributed by atoms with Crippen molar-refractivity contribution < 1.29 is 19.4 Å². The average molecular weight is 448 g/mol. The van der Waals surface area contributed by atoms with E-state index in [1.807, 2.05) is 36.4 Å². The normalized spacial score (nSPS) is 27.2. The summed E-state index contributed by atoms with van der Waals surface area (Å²) in [5, 5.41) is 15.2. The Labute approximate surface area is 185 Å². The number of carbonyl (C=O) groups excluding carboxylic acids is 1. The average Bonchev–Trinajstić information content (AvgIpc) is 3.29. The van der Waals surface area contributed by atoms with E-state index in [1.54, 1.807) is 6.07 Å². The molecule has 5 rings (SSSR count). The number of aliphatic hydroxyl groups excluding tert-OH is 1. The fourth-order valence-corrected chi connectivity index (χ4v) is 5.39. The molecule has 2 heterocycles. The molecule has 0 aromatic heterocycles. The molecule has 5 nitrogen and oxygen atoms in total. The van der Waals surface area contributed by atoms with Crippen molar-refractivity contribution in [3.63, 3.8) is 0 Å². The molecule has 2 aliphatic heterocycles. The van der Waals surface area contributed by atoms with E-state index in [-0.39, 0.29) is 5.78 Å². The number of ether oxygens (including phenoxy) is 2. The van der Waals surface area contributed by atoms with Gasteiger partial charge >= 0.3 is 0 Å². The third-order valence-electron chi connectivity index (χ3n) is 6.68. The monoisotopic (exact) mass is 447 g/mol. The number of hydrogen-bond acceptors (Lipinski definition) is 5. The Bertz CT molecular complexity index is 962. The van der Waals surface area contributed by atoms with Gasteiger partial charge in [0.25, 0.3) is 0 Å². The SMILES string of the molecule is O=C1C(c2cc(-c3ccc(Cl)cc3)ccc2Cl)C(O)NC12CCC1(CC2)OCCO1. The minimum absolute atomic E-state index is 0.0157. The first-order valence-electron chi connectivity index (χ1n) is 10.2. The van der Waals surface area contributed by atoms with Crippen LogP contribution < -0.4 is 5.32 Å². The summed E-state index contributed by atoms with van der Waals surface area (Å²) in [5.41, 5.74) is 1.75. The molecule has 0 amide bonds. The van der Waals surface area contributed by atoms with E-state index < -0.39 is 23.5 Å². The number of hydrogen-bond donors (Lipinski definition) is 2. The molecule has 0 radical (unpaired) electrons.